The minimum absolute atomic E-state index is 0.0337. The van der Waals surface area contributed by atoms with Gasteiger partial charge >= 0.3 is 0 Å². The summed E-state index contributed by atoms with van der Waals surface area (Å²) in [6, 6.07) is 5.59. The highest BCUT2D eigenvalue weighted by Crippen LogP contribution is 2.40. The molecule has 5 nitrogen and oxygen atoms in total. The number of para-hydroxylation sites is 1. The molecule has 0 saturated heterocycles. The van der Waals surface area contributed by atoms with Crippen molar-refractivity contribution in [2.45, 2.75) is 36.6 Å². The Hall–Kier alpha value is -1.27. The predicted molar refractivity (Wildman–Crippen MR) is 75.3 cm³/mol. The number of benzene rings is 1. The maximum Gasteiger partial charge on any atom is 0.240 e. The lowest BCUT2D eigenvalue weighted by Gasteiger charge is -2.26. The molecule has 0 spiro atoms. The minimum Gasteiger partial charge on any atom is -0.396 e. The molecule has 0 aliphatic heterocycles. The van der Waals surface area contributed by atoms with E-state index in [1.54, 1.807) is 6.07 Å². The van der Waals surface area contributed by atoms with Gasteiger partial charge in [-0.15, -0.1) is 0 Å². The van der Waals surface area contributed by atoms with Crippen LogP contribution in [0.25, 0.3) is 0 Å². The van der Waals surface area contributed by atoms with Crippen LogP contribution in [0.3, 0.4) is 0 Å². The summed E-state index contributed by atoms with van der Waals surface area (Å²) in [5.74, 6) is 0.734. The van der Waals surface area contributed by atoms with E-state index >= 15 is 0 Å². The summed E-state index contributed by atoms with van der Waals surface area (Å²) >= 11 is 0. The minimum atomic E-state index is -3.76. The summed E-state index contributed by atoms with van der Waals surface area (Å²) in [7, 11) is -3.76. The van der Waals surface area contributed by atoms with Crippen molar-refractivity contribution in [3.05, 3.63) is 18.2 Å². The second-order valence-corrected chi connectivity index (χ2v) is 7.09. The Labute approximate surface area is 113 Å². The van der Waals surface area contributed by atoms with Crippen molar-refractivity contribution in [1.29, 1.82) is 0 Å². The number of primary sulfonamides is 1. The summed E-state index contributed by atoms with van der Waals surface area (Å²) in [5, 5.41) is 5.21. The third kappa shape index (κ3) is 2.69. The molecule has 104 valence electrons. The van der Waals surface area contributed by atoms with Gasteiger partial charge in [0.2, 0.25) is 10.0 Å². The van der Waals surface area contributed by atoms with Gasteiger partial charge in [0.15, 0.2) is 0 Å². The molecule has 0 bridgehead atoms. The van der Waals surface area contributed by atoms with Crippen LogP contribution < -0.4 is 15.8 Å². The van der Waals surface area contributed by atoms with E-state index in [1.807, 2.05) is 6.07 Å². The van der Waals surface area contributed by atoms with Gasteiger partial charge in [-0.25, -0.2) is 13.6 Å². The third-order valence-electron chi connectivity index (χ3n) is 3.80. The van der Waals surface area contributed by atoms with E-state index in [0.29, 0.717) is 6.04 Å². The van der Waals surface area contributed by atoms with E-state index in [2.05, 4.69) is 4.90 Å². The van der Waals surface area contributed by atoms with Gasteiger partial charge in [0.1, 0.15) is 4.90 Å². The van der Waals surface area contributed by atoms with E-state index in [0.717, 1.165) is 31.0 Å². The molecule has 4 N–H and O–H groups in total. The summed E-state index contributed by atoms with van der Waals surface area (Å²) in [6.45, 7) is 0.975. The van der Waals surface area contributed by atoms with Gasteiger partial charge in [0.05, 0.1) is 11.4 Å². The van der Waals surface area contributed by atoms with Crippen LogP contribution in [0.5, 0.6) is 0 Å². The highest BCUT2D eigenvalue weighted by Gasteiger charge is 2.35. The Morgan fingerprint density at radius 3 is 2.42 bits per heavy atom. The number of hydrogen-bond acceptors (Lipinski definition) is 4. The number of anilines is 2. The van der Waals surface area contributed by atoms with Crippen LogP contribution in [0.2, 0.25) is 0 Å². The van der Waals surface area contributed by atoms with Crippen molar-refractivity contribution in [1.82, 2.24) is 0 Å². The zero-order valence-electron chi connectivity index (χ0n) is 10.7. The topological polar surface area (TPSA) is 89.4 Å². The molecule has 0 unspecified atom stereocenters. The second-order valence-electron chi connectivity index (χ2n) is 5.56. The molecule has 2 fully saturated rings. The second kappa shape index (κ2) is 4.38. The molecule has 1 aromatic rings. The molecule has 0 radical (unpaired) electrons. The van der Waals surface area contributed by atoms with Crippen LogP contribution in [0.1, 0.15) is 25.7 Å². The van der Waals surface area contributed by atoms with Crippen molar-refractivity contribution in [2.75, 3.05) is 17.2 Å². The van der Waals surface area contributed by atoms with E-state index in [1.165, 1.54) is 18.9 Å². The molecule has 1 aromatic carbocycles. The number of sulfonamides is 1. The molecule has 0 atom stereocenters. The van der Waals surface area contributed by atoms with Gasteiger partial charge in [0.25, 0.3) is 0 Å². The molecule has 2 aliphatic rings. The van der Waals surface area contributed by atoms with Crippen LogP contribution in [0.15, 0.2) is 23.1 Å². The van der Waals surface area contributed by atoms with Crippen LogP contribution in [0, 0.1) is 5.92 Å². The van der Waals surface area contributed by atoms with Gasteiger partial charge in [-0.05, 0) is 43.7 Å². The van der Waals surface area contributed by atoms with Crippen molar-refractivity contribution in [3.8, 4) is 0 Å². The first kappa shape index (κ1) is 12.7. The summed E-state index contributed by atoms with van der Waals surface area (Å²) < 4.78 is 23.1. The summed E-state index contributed by atoms with van der Waals surface area (Å²) in [4.78, 5) is 2.30. The van der Waals surface area contributed by atoms with Gasteiger partial charge in [-0.3, -0.25) is 0 Å². The number of rotatable bonds is 5. The summed E-state index contributed by atoms with van der Waals surface area (Å²) in [6.07, 6.45) is 4.84. The lowest BCUT2D eigenvalue weighted by Crippen LogP contribution is -2.29. The monoisotopic (exact) mass is 281 g/mol. The number of hydrogen-bond donors (Lipinski definition) is 2. The van der Waals surface area contributed by atoms with Crippen molar-refractivity contribution in [2.24, 2.45) is 11.1 Å². The number of nitrogens with two attached hydrogens (primary N) is 2. The molecule has 2 aliphatic carbocycles. The van der Waals surface area contributed by atoms with E-state index in [4.69, 9.17) is 10.9 Å². The third-order valence-corrected chi connectivity index (χ3v) is 4.77. The van der Waals surface area contributed by atoms with E-state index < -0.39 is 10.0 Å². The van der Waals surface area contributed by atoms with Crippen molar-refractivity contribution in [3.63, 3.8) is 0 Å². The standard InChI is InChI=1S/C13H19N3O2S/c14-13-11(2-1-3-12(13)19(15,17)18)16(10-6-7-10)8-9-4-5-9/h1-3,9-10H,4-8,14H2,(H2,15,17,18). The highest BCUT2D eigenvalue weighted by atomic mass is 32.2. The normalized spacial score (nSPS) is 19.4. The fourth-order valence-electron chi connectivity index (χ4n) is 2.44. The lowest BCUT2D eigenvalue weighted by molar-refractivity contribution is 0.598. The molecule has 6 heteroatoms. The number of nitrogen functional groups attached to an aromatic ring is 1. The van der Waals surface area contributed by atoms with Gasteiger partial charge in [0, 0.05) is 12.6 Å². The van der Waals surface area contributed by atoms with Crippen LogP contribution in [0.4, 0.5) is 11.4 Å². The van der Waals surface area contributed by atoms with Gasteiger partial charge in [-0.1, -0.05) is 6.07 Å². The molecule has 19 heavy (non-hydrogen) atoms. The smallest absolute Gasteiger partial charge is 0.240 e. The van der Waals surface area contributed by atoms with Crippen LogP contribution >= 0.6 is 0 Å². The largest absolute Gasteiger partial charge is 0.396 e. The van der Waals surface area contributed by atoms with Gasteiger partial charge in [-0.2, -0.15) is 0 Å². The molecule has 3 rings (SSSR count). The first-order chi connectivity index (χ1) is 8.97. The zero-order chi connectivity index (χ0) is 13.6. The molecular weight excluding hydrogens is 262 g/mol. The van der Waals surface area contributed by atoms with Crippen molar-refractivity contribution >= 4 is 21.4 Å². The first-order valence-corrected chi connectivity index (χ1v) is 8.19. The molecule has 0 amide bonds. The average molecular weight is 281 g/mol. The fourth-order valence-corrected chi connectivity index (χ4v) is 3.12. The van der Waals surface area contributed by atoms with Crippen molar-refractivity contribution < 1.29 is 8.42 Å². The zero-order valence-corrected chi connectivity index (χ0v) is 11.6. The Morgan fingerprint density at radius 1 is 1.21 bits per heavy atom. The van der Waals surface area contributed by atoms with Crippen LogP contribution in [-0.2, 0) is 10.0 Å². The van der Waals surface area contributed by atoms with E-state index in [-0.39, 0.29) is 10.6 Å². The Kier molecular flexibility index (Phi) is 2.94. The predicted octanol–water partition coefficient (Wildman–Crippen LogP) is 1.30. The maximum atomic E-state index is 11.5. The fraction of sp³-hybridized carbons (Fsp3) is 0.538. The summed E-state index contributed by atoms with van der Waals surface area (Å²) in [5.41, 5.74) is 7.14. The Bertz CT molecular complexity index is 592. The number of nitrogens with zero attached hydrogens (tertiary/aromatic N) is 1. The Balaban J connectivity index is 1.98. The SMILES string of the molecule is Nc1c(N(CC2CC2)C2CC2)cccc1S(N)(=O)=O. The average Bonchev–Trinajstić information content (AvgIpc) is 3.19. The van der Waals surface area contributed by atoms with E-state index in [9.17, 15) is 8.42 Å². The quantitative estimate of drug-likeness (QED) is 0.796. The first-order valence-electron chi connectivity index (χ1n) is 6.65. The molecule has 2 saturated carbocycles. The maximum absolute atomic E-state index is 11.5. The molecular formula is C13H19N3O2S. The van der Waals surface area contributed by atoms with Gasteiger partial charge < -0.3 is 10.6 Å². The highest BCUT2D eigenvalue weighted by molar-refractivity contribution is 7.89. The Morgan fingerprint density at radius 2 is 1.89 bits per heavy atom. The lowest BCUT2D eigenvalue weighted by atomic mass is 10.2. The molecule has 0 heterocycles. The molecule has 0 aromatic heterocycles. The van der Waals surface area contributed by atoms with Crippen LogP contribution in [-0.4, -0.2) is 21.0 Å².